The Morgan fingerprint density at radius 3 is 3.00 bits per heavy atom. The Morgan fingerprint density at radius 2 is 2.26 bits per heavy atom. The fraction of sp³-hybridized carbons (Fsp3) is 0.750. The predicted molar refractivity (Wildman–Crippen MR) is 66.7 cm³/mol. The molecule has 6 nitrogen and oxygen atoms in total. The summed E-state index contributed by atoms with van der Waals surface area (Å²) < 4.78 is 34.4. The highest BCUT2D eigenvalue weighted by molar-refractivity contribution is 7.87. The fourth-order valence-electron chi connectivity index (χ4n) is 3.55. The standard InChI is InChI=1S/C12H17NO5S/c1-2-10(14)13-3-4-17-11-7-5-8-9(6-7)19(15,16)18-12(8)11/h2,7-9,11-12H,1,3-6H2,(H,13,14). The van der Waals surface area contributed by atoms with Gasteiger partial charge in [0, 0.05) is 12.5 Å². The molecule has 0 aromatic heterocycles. The Labute approximate surface area is 112 Å². The molecule has 2 saturated carbocycles. The number of hydrogen-bond donors (Lipinski definition) is 1. The van der Waals surface area contributed by atoms with Gasteiger partial charge in [0.2, 0.25) is 5.91 Å². The van der Waals surface area contributed by atoms with Crippen LogP contribution in [0, 0.1) is 11.8 Å². The molecule has 0 radical (unpaired) electrons. The van der Waals surface area contributed by atoms with Gasteiger partial charge in [-0.1, -0.05) is 6.58 Å². The lowest BCUT2D eigenvalue weighted by Crippen LogP contribution is -2.37. The van der Waals surface area contributed by atoms with Gasteiger partial charge in [0.25, 0.3) is 10.1 Å². The zero-order valence-corrected chi connectivity index (χ0v) is 11.3. The summed E-state index contributed by atoms with van der Waals surface area (Å²) >= 11 is 0. The van der Waals surface area contributed by atoms with Gasteiger partial charge in [-0.25, -0.2) is 0 Å². The van der Waals surface area contributed by atoms with Crippen molar-refractivity contribution in [3.8, 4) is 0 Å². The normalized spacial score (nSPS) is 41.4. The summed E-state index contributed by atoms with van der Waals surface area (Å²) in [6.45, 7) is 4.10. The van der Waals surface area contributed by atoms with E-state index < -0.39 is 10.1 Å². The van der Waals surface area contributed by atoms with Crippen molar-refractivity contribution in [3.05, 3.63) is 12.7 Å². The van der Waals surface area contributed by atoms with Crippen molar-refractivity contribution in [2.45, 2.75) is 30.3 Å². The molecule has 3 aliphatic rings. The molecule has 1 N–H and O–H groups in total. The average Bonchev–Trinajstić information content (AvgIpc) is 2.97. The molecule has 2 bridgehead atoms. The minimum atomic E-state index is -3.38. The SMILES string of the molecule is C=CC(=O)NCCOC1C2CC3C1OS(=O)(=O)C3C2. The van der Waals surface area contributed by atoms with E-state index in [0.717, 1.165) is 6.42 Å². The van der Waals surface area contributed by atoms with Crippen LogP contribution in [0.25, 0.3) is 0 Å². The summed E-state index contributed by atoms with van der Waals surface area (Å²) in [5.74, 6) is 0.131. The van der Waals surface area contributed by atoms with Crippen LogP contribution in [0.3, 0.4) is 0 Å². The third-order valence-corrected chi connectivity index (χ3v) is 6.09. The lowest BCUT2D eigenvalue weighted by molar-refractivity contribution is -0.117. The van der Waals surface area contributed by atoms with Crippen molar-refractivity contribution in [1.82, 2.24) is 5.32 Å². The van der Waals surface area contributed by atoms with E-state index in [9.17, 15) is 13.2 Å². The molecule has 7 heteroatoms. The number of hydrogen-bond acceptors (Lipinski definition) is 5. The number of rotatable bonds is 5. The third kappa shape index (κ3) is 2.09. The molecule has 19 heavy (non-hydrogen) atoms. The lowest BCUT2D eigenvalue weighted by atomic mass is 9.94. The van der Waals surface area contributed by atoms with Gasteiger partial charge in [-0.3, -0.25) is 8.98 Å². The molecule has 2 aliphatic carbocycles. The number of carbonyl (C=O) groups excluding carboxylic acids is 1. The topological polar surface area (TPSA) is 81.7 Å². The monoisotopic (exact) mass is 287 g/mol. The second kappa shape index (κ2) is 4.57. The molecule has 5 atom stereocenters. The van der Waals surface area contributed by atoms with Gasteiger partial charge in [0.05, 0.1) is 18.0 Å². The third-order valence-electron chi connectivity index (χ3n) is 4.31. The second-order valence-corrected chi connectivity index (χ2v) is 7.10. The first-order valence-electron chi connectivity index (χ1n) is 6.47. The van der Waals surface area contributed by atoms with Crippen LogP contribution in [0.1, 0.15) is 12.8 Å². The quantitative estimate of drug-likeness (QED) is 0.430. The van der Waals surface area contributed by atoms with Crippen LogP contribution >= 0.6 is 0 Å². The molecule has 3 fully saturated rings. The van der Waals surface area contributed by atoms with Crippen LogP contribution in [-0.4, -0.2) is 44.9 Å². The highest BCUT2D eigenvalue weighted by Gasteiger charge is 2.64. The first kappa shape index (κ1) is 13.1. The zero-order valence-electron chi connectivity index (χ0n) is 10.4. The van der Waals surface area contributed by atoms with E-state index in [0.29, 0.717) is 19.6 Å². The van der Waals surface area contributed by atoms with Gasteiger partial charge in [-0.2, -0.15) is 8.42 Å². The Hall–Kier alpha value is -0.920. The fourth-order valence-corrected chi connectivity index (χ4v) is 5.43. The maximum absolute atomic E-state index is 11.7. The van der Waals surface area contributed by atoms with Gasteiger partial charge in [0.15, 0.2) is 0 Å². The maximum Gasteiger partial charge on any atom is 0.270 e. The van der Waals surface area contributed by atoms with Crippen molar-refractivity contribution < 1.29 is 22.1 Å². The van der Waals surface area contributed by atoms with Crippen molar-refractivity contribution in [2.24, 2.45) is 11.8 Å². The molecule has 1 aliphatic heterocycles. The van der Waals surface area contributed by atoms with Gasteiger partial charge in [-0.15, -0.1) is 0 Å². The van der Waals surface area contributed by atoms with Crippen molar-refractivity contribution in [3.63, 3.8) is 0 Å². The van der Waals surface area contributed by atoms with E-state index in [-0.39, 0.29) is 35.2 Å². The van der Waals surface area contributed by atoms with Crippen molar-refractivity contribution >= 4 is 16.0 Å². The largest absolute Gasteiger partial charge is 0.373 e. The van der Waals surface area contributed by atoms with Crippen LogP contribution in [0.5, 0.6) is 0 Å². The molecule has 106 valence electrons. The van der Waals surface area contributed by atoms with Crippen LogP contribution < -0.4 is 5.32 Å². The molecule has 5 unspecified atom stereocenters. The van der Waals surface area contributed by atoms with E-state index in [4.69, 9.17) is 8.92 Å². The molecule has 0 spiro atoms. The molecule has 1 amide bonds. The molecule has 0 aromatic carbocycles. The Morgan fingerprint density at radius 1 is 1.47 bits per heavy atom. The van der Waals surface area contributed by atoms with Crippen LogP contribution in [0.4, 0.5) is 0 Å². The molecule has 1 saturated heterocycles. The van der Waals surface area contributed by atoms with E-state index in [1.54, 1.807) is 0 Å². The number of amides is 1. The lowest BCUT2D eigenvalue weighted by Gasteiger charge is -2.25. The molecule has 3 rings (SSSR count). The van der Waals surface area contributed by atoms with E-state index in [2.05, 4.69) is 11.9 Å². The summed E-state index contributed by atoms with van der Waals surface area (Å²) in [6.07, 6.45) is 2.25. The Balaban J connectivity index is 1.54. The molecular weight excluding hydrogens is 270 g/mol. The van der Waals surface area contributed by atoms with Gasteiger partial charge in [-0.05, 0) is 24.8 Å². The first-order chi connectivity index (χ1) is 9.03. The second-order valence-electron chi connectivity index (χ2n) is 5.32. The van der Waals surface area contributed by atoms with Gasteiger partial charge < -0.3 is 10.1 Å². The van der Waals surface area contributed by atoms with E-state index in [1.807, 2.05) is 0 Å². The molecule has 0 aromatic rings. The van der Waals surface area contributed by atoms with E-state index >= 15 is 0 Å². The summed E-state index contributed by atoms with van der Waals surface area (Å²) in [5.41, 5.74) is 0. The summed E-state index contributed by atoms with van der Waals surface area (Å²) in [7, 11) is -3.38. The highest BCUT2D eigenvalue weighted by atomic mass is 32.2. The predicted octanol–water partition coefficient (Wildman–Crippen LogP) is -0.189. The Bertz CT molecular complexity index is 502. The smallest absolute Gasteiger partial charge is 0.270 e. The zero-order chi connectivity index (χ0) is 13.6. The number of fused-ring (bicyclic) bond motifs is 1. The van der Waals surface area contributed by atoms with Crippen LogP contribution in [0.15, 0.2) is 12.7 Å². The van der Waals surface area contributed by atoms with Crippen LogP contribution in [-0.2, 0) is 23.8 Å². The Kier molecular flexibility index (Phi) is 3.15. The summed E-state index contributed by atoms with van der Waals surface area (Å²) in [5, 5.41) is 2.30. The number of nitrogens with one attached hydrogen (secondary N) is 1. The summed E-state index contributed by atoms with van der Waals surface area (Å²) in [4.78, 5) is 11.0. The molecular formula is C12H17NO5S. The minimum Gasteiger partial charge on any atom is -0.373 e. The number of ether oxygens (including phenoxy) is 1. The van der Waals surface area contributed by atoms with Gasteiger partial charge in [0.1, 0.15) is 6.10 Å². The maximum atomic E-state index is 11.7. The van der Waals surface area contributed by atoms with Crippen LogP contribution in [0.2, 0.25) is 0 Å². The molecule has 1 heterocycles. The van der Waals surface area contributed by atoms with Crippen molar-refractivity contribution in [2.75, 3.05) is 13.2 Å². The number of carbonyl (C=O) groups is 1. The van der Waals surface area contributed by atoms with Crippen molar-refractivity contribution in [1.29, 1.82) is 0 Å². The first-order valence-corrected chi connectivity index (χ1v) is 7.94. The minimum absolute atomic E-state index is 0.0998. The van der Waals surface area contributed by atoms with E-state index in [1.165, 1.54) is 6.08 Å². The highest BCUT2D eigenvalue weighted by Crippen LogP contribution is 2.55. The average molecular weight is 287 g/mol. The summed E-state index contributed by atoms with van der Waals surface area (Å²) in [6, 6.07) is 0. The van der Waals surface area contributed by atoms with Gasteiger partial charge >= 0.3 is 0 Å².